The van der Waals surface area contributed by atoms with Crippen LogP contribution in [0.4, 0.5) is 19.0 Å². The van der Waals surface area contributed by atoms with Crippen molar-refractivity contribution in [1.82, 2.24) is 29.6 Å². The van der Waals surface area contributed by atoms with Crippen LogP contribution in [0.2, 0.25) is 0 Å². The zero-order chi connectivity index (χ0) is 25.8. The average Bonchev–Trinajstić information content (AvgIpc) is 3.39. The number of piperazine rings is 1. The van der Waals surface area contributed by atoms with E-state index >= 15 is 0 Å². The number of hydrogen-bond acceptors (Lipinski definition) is 8. The van der Waals surface area contributed by atoms with E-state index in [2.05, 4.69) is 19.9 Å². The van der Waals surface area contributed by atoms with Crippen molar-refractivity contribution in [1.29, 1.82) is 0 Å². The molecule has 12 heteroatoms. The smallest absolute Gasteiger partial charge is 0.215 e. The van der Waals surface area contributed by atoms with Crippen LogP contribution >= 0.6 is 0 Å². The fraction of sp³-hybridized carbons (Fsp3) is 0.360. The van der Waals surface area contributed by atoms with Gasteiger partial charge in [-0.25, -0.2) is 32.8 Å². The van der Waals surface area contributed by atoms with Crippen molar-refractivity contribution in [3.05, 3.63) is 60.1 Å². The molecular weight excluding hydrogens is 487 g/mol. The van der Waals surface area contributed by atoms with E-state index in [1.807, 2.05) is 0 Å². The molecule has 194 valence electrons. The average molecular weight is 514 g/mol. The number of halogens is 3. The molecular formula is C25H26F3N7O2. The first-order chi connectivity index (χ1) is 18.0. The molecule has 4 aromatic rings. The number of methoxy groups -OCH3 is 1. The maximum Gasteiger partial charge on any atom is 0.215 e. The first-order valence-electron chi connectivity index (χ1n) is 11.8. The Balaban J connectivity index is 1.40. The highest BCUT2D eigenvalue weighted by Gasteiger charge is 2.24. The predicted molar refractivity (Wildman–Crippen MR) is 131 cm³/mol. The molecule has 1 aromatic carbocycles. The number of pyridine rings is 1. The summed E-state index contributed by atoms with van der Waals surface area (Å²) in [6, 6.07) is 5.36. The van der Waals surface area contributed by atoms with Gasteiger partial charge in [0.25, 0.3) is 0 Å². The molecule has 0 aliphatic carbocycles. The van der Waals surface area contributed by atoms with E-state index in [9.17, 15) is 13.2 Å². The molecule has 0 atom stereocenters. The Morgan fingerprint density at radius 2 is 1.81 bits per heavy atom. The summed E-state index contributed by atoms with van der Waals surface area (Å²) >= 11 is 0. The molecule has 5 rings (SSSR count). The predicted octanol–water partition coefficient (Wildman–Crippen LogP) is 3.44. The summed E-state index contributed by atoms with van der Waals surface area (Å²) in [6.45, 7) is 2.92. The van der Waals surface area contributed by atoms with Gasteiger partial charge in [-0.15, -0.1) is 0 Å². The van der Waals surface area contributed by atoms with Gasteiger partial charge < -0.3 is 14.4 Å². The lowest BCUT2D eigenvalue weighted by Gasteiger charge is -2.36. The van der Waals surface area contributed by atoms with E-state index in [0.29, 0.717) is 85.5 Å². The number of rotatable bonds is 9. The number of alkyl halides is 1. The van der Waals surface area contributed by atoms with Crippen LogP contribution in [-0.4, -0.2) is 76.1 Å². The number of nitrogens with zero attached hydrogens (tertiary/aromatic N) is 7. The molecule has 0 spiro atoms. The summed E-state index contributed by atoms with van der Waals surface area (Å²) in [6.07, 6.45) is 4.75. The quantitative estimate of drug-likeness (QED) is 0.315. The van der Waals surface area contributed by atoms with Crippen molar-refractivity contribution in [2.24, 2.45) is 0 Å². The third kappa shape index (κ3) is 5.65. The zero-order valence-corrected chi connectivity index (χ0v) is 20.3. The Hall–Kier alpha value is -3.77. The standard InChI is InChI=1S/C25H26F3N7O2/c1-36-8-9-37-23-11-21-22(13-29-23)32-25(24(31-21)18-12-30-35(15-18)16-26)34-6-4-33(5-7-34)14-17-2-3-19(27)10-20(17)28/h2-3,10-13,15H,4-9,14,16H2,1H3. The maximum absolute atomic E-state index is 14.1. The first-order valence-corrected chi connectivity index (χ1v) is 11.8. The minimum Gasteiger partial charge on any atom is -0.475 e. The Bertz CT molecular complexity index is 1380. The summed E-state index contributed by atoms with van der Waals surface area (Å²) in [7, 11) is 1.59. The van der Waals surface area contributed by atoms with Crippen LogP contribution in [0.3, 0.4) is 0 Å². The number of ether oxygens (including phenoxy) is 2. The number of anilines is 1. The third-order valence-electron chi connectivity index (χ3n) is 6.15. The molecule has 37 heavy (non-hydrogen) atoms. The Labute approximate surface area is 211 Å². The SMILES string of the molecule is COCCOc1cc2nc(-c3cnn(CF)c3)c(N3CCN(Cc4ccc(F)cc4F)CC3)nc2cn1. The second-order valence-electron chi connectivity index (χ2n) is 8.64. The van der Waals surface area contributed by atoms with Gasteiger partial charge in [-0.05, 0) is 6.07 Å². The minimum absolute atomic E-state index is 0.350. The van der Waals surface area contributed by atoms with Crippen LogP contribution in [-0.2, 0) is 18.1 Å². The maximum atomic E-state index is 14.1. The zero-order valence-electron chi connectivity index (χ0n) is 20.3. The van der Waals surface area contributed by atoms with Crippen molar-refractivity contribution in [2.75, 3.05) is 51.4 Å². The summed E-state index contributed by atoms with van der Waals surface area (Å²) < 4.78 is 52.4. The van der Waals surface area contributed by atoms with E-state index in [0.717, 1.165) is 6.07 Å². The van der Waals surface area contributed by atoms with Gasteiger partial charge in [0.05, 0.1) is 24.5 Å². The van der Waals surface area contributed by atoms with Gasteiger partial charge in [-0.2, -0.15) is 5.10 Å². The molecule has 1 aliphatic heterocycles. The molecule has 0 bridgehead atoms. The second-order valence-corrected chi connectivity index (χ2v) is 8.64. The van der Waals surface area contributed by atoms with Crippen molar-refractivity contribution in [3.63, 3.8) is 0 Å². The van der Waals surface area contributed by atoms with Gasteiger partial charge in [0.15, 0.2) is 12.6 Å². The van der Waals surface area contributed by atoms with Crippen LogP contribution in [0.5, 0.6) is 5.88 Å². The fourth-order valence-electron chi connectivity index (χ4n) is 4.21. The number of benzene rings is 1. The molecule has 0 amide bonds. The van der Waals surface area contributed by atoms with Crippen LogP contribution in [0, 0.1) is 11.6 Å². The first kappa shape index (κ1) is 24.9. The molecule has 1 saturated heterocycles. The molecule has 0 N–H and O–H groups in total. The van der Waals surface area contributed by atoms with Crippen molar-refractivity contribution in [3.8, 4) is 17.1 Å². The highest BCUT2D eigenvalue weighted by atomic mass is 19.1. The van der Waals surface area contributed by atoms with E-state index in [1.54, 1.807) is 31.8 Å². The summed E-state index contributed by atoms with van der Waals surface area (Å²) in [4.78, 5) is 18.2. The molecule has 1 aliphatic rings. The van der Waals surface area contributed by atoms with Gasteiger partial charge in [0.2, 0.25) is 5.88 Å². The van der Waals surface area contributed by atoms with Crippen LogP contribution < -0.4 is 9.64 Å². The summed E-state index contributed by atoms with van der Waals surface area (Å²) in [5, 5.41) is 4.05. The third-order valence-corrected chi connectivity index (χ3v) is 6.15. The van der Waals surface area contributed by atoms with Gasteiger partial charge in [-0.3, -0.25) is 4.90 Å². The Kier molecular flexibility index (Phi) is 7.47. The summed E-state index contributed by atoms with van der Waals surface area (Å²) in [5.74, 6) is -0.104. The molecule has 4 heterocycles. The van der Waals surface area contributed by atoms with Crippen LogP contribution in [0.1, 0.15) is 5.56 Å². The number of aromatic nitrogens is 5. The van der Waals surface area contributed by atoms with E-state index in [4.69, 9.17) is 19.4 Å². The van der Waals surface area contributed by atoms with Gasteiger partial charge in [0.1, 0.15) is 29.5 Å². The van der Waals surface area contributed by atoms with Crippen LogP contribution in [0.15, 0.2) is 42.9 Å². The fourth-order valence-corrected chi connectivity index (χ4v) is 4.21. The van der Waals surface area contributed by atoms with Crippen molar-refractivity contribution >= 4 is 16.9 Å². The second kappa shape index (κ2) is 11.1. The molecule has 0 unspecified atom stereocenters. The summed E-state index contributed by atoms with van der Waals surface area (Å²) in [5.41, 5.74) is 2.83. The van der Waals surface area contributed by atoms with E-state index in [1.165, 1.54) is 16.8 Å². The lowest BCUT2D eigenvalue weighted by atomic mass is 10.1. The number of hydrogen-bond donors (Lipinski definition) is 0. The topological polar surface area (TPSA) is 81.4 Å². The highest BCUT2D eigenvalue weighted by Crippen LogP contribution is 2.31. The van der Waals surface area contributed by atoms with Crippen molar-refractivity contribution < 1.29 is 22.6 Å². The lowest BCUT2D eigenvalue weighted by Crippen LogP contribution is -2.46. The molecule has 1 fully saturated rings. The molecule has 0 saturated carbocycles. The lowest BCUT2D eigenvalue weighted by molar-refractivity contribution is 0.144. The van der Waals surface area contributed by atoms with E-state index < -0.39 is 18.4 Å². The highest BCUT2D eigenvalue weighted by molar-refractivity contribution is 5.83. The van der Waals surface area contributed by atoms with E-state index in [-0.39, 0.29) is 0 Å². The monoisotopic (exact) mass is 513 g/mol. The minimum atomic E-state index is -0.754. The molecule has 3 aromatic heterocycles. The van der Waals surface area contributed by atoms with Crippen molar-refractivity contribution in [2.45, 2.75) is 13.3 Å². The largest absolute Gasteiger partial charge is 0.475 e. The van der Waals surface area contributed by atoms with Gasteiger partial charge in [0, 0.05) is 69.3 Å². The van der Waals surface area contributed by atoms with Crippen LogP contribution in [0.25, 0.3) is 22.3 Å². The molecule has 0 radical (unpaired) electrons. The molecule has 9 nitrogen and oxygen atoms in total. The van der Waals surface area contributed by atoms with Gasteiger partial charge in [-0.1, -0.05) is 6.07 Å². The number of fused-ring (bicyclic) bond motifs is 1. The Morgan fingerprint density at radius 3 is 2.54 bits per heavy atom. The Morgan fingerprint density at radius 1 is 0.973 bits per heavy atom. The normalized spacial score (nSPS) is 14.4. The van der Waals surface area contributed by atoms with Gasteiger partial charge >= 0.3 is 0 Å².